The molecule has 0 bridgehead atoms. The summed E-state index contributed by atoms with van der Waals surface area (Å²) in [4.78, 5) is 53.7. The highest BCUT2D eigenvalue weighted by molar-refractivity contribution is 6.31. The number of nitrogens with two attached hydrogens (primary N) is 2. The van der Waals surface area contributed by atoms with Crippen LogP contribution < -0.4 is 57.7 Å². The normalized spacial score (nSPS) is 11.7. The molecule has 24 heteroatoms. The fourth-order valence-electron chi connectivity index (χ4n) is 6.77. The molecule has 0 aliphatic carbocycles. The van der Waals surface area contributed by atoms with Crippen molar-refractivity contribution >= 4 is 76.1 Å². The number of carbonyl (C=O) groups excluding carboxylic acids is 4. The van der Waals surface area contributed by atoms with Crippen molar-refractivity contribution in [3.8, 4) is 11.5 Å². The minimum Gasteiger partial charge on any atom is -0.497 e. The summed E-state index contributed by atoms with van der Waals surface area (Å²) in [6.07, 6.45) is 0.255. The zero-order valence-corrected chi connectivity index (χ0v) is 42.8. The van der Waals surface area contributed by atoms with Crippen molar-refractivity contribution in [2.45, 2.75) is 83.9 Å². The average molecular weight is 1040 g/mol. The zero-order chi connectivity index (χ0) is 53.9. The Kier molecular flexibility index (Phi) is 25.5. The van der Waals surface area contributed by atoms with Gasteiger partial charge in [0.1, 0.15) is 47.5 Å². The first kappa shape index (κ1) is 59.8. The number of nitrogens with zero attached hydrogens (tertiary/aromatic N) is 1. The molecule has 3 aromatic rings. The summed E-state index contributed by atoms with van der Waals surface area (Å²) >= 11 is 6.07. The van der Waals surface area contributed by atoms with E-state index in [-0.39, 0.29) is 114 Å². The standard InChI is InChI=1S/C49H71ClN14O9/c1-31(51)64(40-19-18-36(69-5)30-37(40)43(53)32-10-12-33(50)13-11-32)41(52)20-21-42(65)61-34-14-16-35(17-15-34)72-29-28-71-27-26-70-25-24-58-44(66)38(8-6-22-59-46(54)55)62-45(67)39(9-7-23-60-47(56)57)63-48(68)73-49(2,3)4/h10-19,30,38-39,51-53H,6-9,20-29H2,1-5H3,(H,58,66)(H,61,65)(H,62,67)(H,63,68)(H4,54,55,59)(H4,56,57,60)/t38-,39-/m0/s1. The monoisotopic (exact) mass is 1030 g/mol. The van der Waals surface area contributed by atoms with Crippen molar-refractivity contribution in [1.82, 2.24) is 26.6 Å². The number of benzene rings is 3. The van der Waals surface area contributed by atoms with Crippen LogP contribution in [0.3, 0.4) is 0 Å². The van der Waals surface area contributed by atoms with Gasteiger partial charge in [0.25, 0.3) is 0 Å². The third-order valence-electron chi connectivity index (χ3n) is 10.2. The summed E-state index contributed by atoms with van der Waals surface area (Å²) in [6.45, 7) is 8.41. The van der Waals surface area contributed by atoms with Crippen molar-refractivity contribution in [3.05, 3.63) is 82.9 Å². The van der Waals surface area contributed by atoms with Crippen molar-refractivity contribution in [3.63, 3.8) is 0 Å². The molecule has 0 fully saturated rings. The molecule has 3 aromatic carbocycles. The molecule has 0 aromatic heterocycles. The first-order valence-corrected chi connectivity index (χ1v) is 23.9. The third-order valence-corrected chi connectivity index (χ3v) is 10.5. The molecule has 0 saturated carbocycles. The Bertz CT molecular complexity index is 2350. The van der Waals surface area contributed by atoms with Gasteiger partial charge in [-0.25, -0.2) is 4.79 Å². The predicted molar refractivity (Wildman–Crippen MR) is 282 cm³/mol. The molecule has 73 heavy (non-hydrogen) atoms. The van der Waals surface area contributed by atoms with Crippen molar-refractivity contribution in [1.29, 1.82) is 27.0 Å². The maximum Gasteiger partial charge on any atom is 0.408 e. The quantitative estimate of drug-likeness (QED) is 0.0250. The van der Waals surface area contributed by atoms with Crippen LogP contribution in [0, 0.1) is 27.0 Å². The lowest BCUT2D eigenvalue weighted by Gasteiger charge is -2.27. The van der Waals surface area contributed by atoms with E-state index >= 15 is 0 Å². The molecule has 0 radical (unpaired) electrons. The van der Waals surface area contributed by atoms with E-state index in [0.29, 0.717) is 51.9 Å². The van der Waals surface area contributed by atoms with Crippen LogP contribution in [-0.2, 0) is 28.6 Å². The topological polar surface area (TPSA) is 361 Å². The van der Waals surface area contributed by atoms with Gasteiger partial charge in [-0.1, -0.05) is 23.7 Å². The van der Waals surface area contributed by atoms with Gasteiger partial charge in [-0.15, -0.1) is 0 Å². The number of nitrogens with one attached hydrogen (secondary N) is 11. The van der Waals surface area contributed by atoms with Gasteiger partial charge in [0.2, 0.25) is 17.7 Å². The van der Waals surface area contributed by atoms with Crippen LogP contribution >= 0.6 is 11.6 Å². The third kappa shape index (κ3) is 23.1. The van der Waals surface area contributed by atoms with E-state index in [1.54, 1.807) is 87.5 Å². The van der Waals surface area contributed by atoms with Crippen LogP contribution in [-0.4, -0.2) is 131 Å². The number of anilines is 2. The van der Waals surface area contributed by atoms with Crippen LogP contribution in [0.5, 0.6) is 11.5 Å². The van der Waals surface area contributed by atoms with Gasteiger partial charge < -0.3 is 67.1 Å². The molecule has 0 aliphatic rings. The SMILES string of the molecule is COc1ccc(N(C(C)=N)C(=N)CCC(=O)Nc2ccc(OCCOCCOCCNC(=O)[C@H](CCCNC(=N)N)NC(=O)[C@H](CCCNC(=N)N)NC(=O)OC(C)(C)C)cc2)c(C(=N)c2ccc(Cl)cc2)c1. The van der Waals surface area contributed by atoms with Gasteiger partial charge in [0.05, 0.1) is 44.9 Å². The van der Waals surface area contributed by atoms with Crippen LogP contribution in [0.1, 0.15) is 77.3 Å². The molecule has 0 heterocycles. The van der Waals surface area contributed by atoms with Crippen LogP contribution in [0.25, 0.3) is 0 Å². The Labute approximate surface area is 431 Å². The van der Waals surface area contributed by atoms with E-state index in [2.05, 4.69) is 31.9 Å². The molecule has 3 rings (SSSR count). The summed E-state index contributed by atoms with van der Waals surface area (Å²) < 4.78 is 27.7. The highest BCUT2D eigenvalue weighted by Gasteiger charge is 2.28. The number of carbonyl (C=O) groups is 4. The molecule has 0 unspecified atom stereocenters. The molecule has 0 aliphatic heterocycles. The number of rotatable bonds is 30. The second-order valence-corrected chi connectivity index (χ2v) is 17.7. The average Bonchev–Trinajstić information content (AvgIpc) is 3.33. The first-order chi connectivity index (χ1) is 34.7. The van der Waals surface area contributed by atoms with Crippen LogP contribution in [0.2, 0.25) is 5.02 Å². The predicted octanol–water partition coefficient (Wildman–Crippen LogP) is 4.40. The number of amidine groups is 2. The Balaban J connectivity index is 1.40. The molecule has 23 nitrogen and oxygen atoms in total. The summed E-state index contributed by atoms with van der Waals surface area (Å²) in [5.41, 5.74) is 12.0. The summed E-state index contributed by atoms with van der Waals surface area (Å²) in [5, 5.41) is 57.8. The van der Waals surface area contributed by atoms with E-state index < -0.39 is 35.6 Å². The largest absolute Gasteiger partial charge is 0.497 e. The fraction of sp³-hybridized carbons (Fsp3) is 0.449. The first-order valence-electron chi connectivity index (χ1n) is 23.5. The molecule has 2 atom stereocenters. The lowest BCUT2D eigenvalue weighted by molar-refractivity contribution is -0.130. The van der Waals surface area contributed by atoms with E-state index in [1.807, 2.05) is 0 Å². The van der Waals surface area contributed by atoms with Gasteiger partial charge in [-0.05, 0) is 108 Å². The molecular formula is C49H71ClN14O9. The summed E-state index contributed by atoms with van der Waals surface area (Å²) in [5.74, 6) is -0.808. The molecule has 0 spiro atoms. The number of methoxy groups -OCH3 is 1. The van der Waals surface area contributed by atoms with Crippen molar-refractivity contribution in [2.24, 2.45) is 11.5 Å². The van der Waals surface area contributed by atoms with Gasteiger partial charge in [-0.3, -0.25) is 46.3 Å². The molecular weight excluding hydrogens is 964 g/mol. The van der Waals surface area contributed by atoms with E-state index in [4.69, 9.17) is 73.8 Å². The maximum absolute atomic E-state index is 13.4. The lowest BCUT2D eigenvalue weighted by Crippen LogP contribution is -2.54. The van der Waals surface area contributed by atoms with E-state index in [0.717, 1.165) is 0 Å². The smallest absolute Gasteiger partial charge is 0.408 e. The molecule has 398 valence electrons. The van der Waals surface area contributed by atoms with E-state index in [1.165, 1.54) is 18.9 Å². The zero-order valence-electron chi connectivity index (χ0n) is 42.1. The highest BCUT2D eigenvalue weighted by atomic mass is 35.5. The van der Waals surface area contributed by atoms with Crippen molar-refractivity contribution in [2.75, 3.05) is 70.0 Å². The Morgan fingerprint density at radius 1 is 0.699 bits per heavy atom. The summed E-state index contributed by atoms with van der Waals surface area (Å²) in [7, 11) is 1.51. The van der Waals surface area contributed by atoms with Gasteiger partial charge in [0.15, 0.2) is 11.9 Å². The fourth-order valence-corrected chi connectivity index (χ4v) is 6.89. The number of hydrogen-bond acceptors (Lipinski definition) is 14. The van der Waals surface area contributed by atoms with Crippen LogP contribution in [0.4, 0.5) is 16.2 Å². The Morgan fingerprint density at radius 2 is 1.27 bits per heavy atom. The molecule has 4 amide bonds. The summed E-state index contributed by atoms with van der Waals surface area (Å²) in [6, 6.07) is 16.6. The van der Waals surface area contributed by atoms with Gasteiger partial charge in [-0.2, -0.15) is 0 Å². The second-order valence-electron chi connectivity index (χ2n) is 17.3. The van der Waals surface area contributed by atoms with Crippen LogP contribution in [0.15, 0.2) is 66.7 Å². The number of guanidine groups is 2. The second kappa shape index (κ2) is 31.1. The number of halogens is 1. The Morgan fingerprint density at radius 3 is 1.85 bits per heavy atom. The van der Waals surface area contributed by atoms with Gasteiger partial charge in [0, 0.05) is 54.3 Å². The number of alkyl carbamates (subject to hydrolysis) is 1. The number of amides is 4. The molecule has 0 saturated heterocycles. The van der Waals surface area contributed by atoms with Gasteiger partial charge >= 0.3 is 6.09 Å². The Hall–Kier alpha value is -7.50. The number of hydrogen-bond donors (Lipinski definition) is 13. The molecule has 15 N–H and O–H groups in total. The minimum absolute atomic E-state index is 0.00262. The number of ether oxygens (including phenoxy) is 5. The van der Waals surface area contributed by atoms with E-state index in [9.17, 15) is 19.2 Å². The van der Waals surface area contributed by atoms with Crippen molar-refractivity contribution < 1.29 is 42.9 Å². The minimum atomic E-state index is -1.06. The highest BCUT2D eigenvalue weighted by Crippen LogP contribution is 2.30. The maximum atomic E-state index is 13.4. The lowest BCUT2D eigenvalue weighted by atomic mass is 9.99.